The topological polar surface area (TPSA) is 58.4 Å². The van der Waals surface area contributed by atoms with Crippen molar-refractivity contribution in [1.82, 2.24) is 14.7 Å². The normalized spacial score (nSPS) is 19.6. The minimum absolute atomic E-state index is 0.0349. The molecule has 0 atom stereocenters. The van der Waals surface area contributed by atoms with Crippen molar-refractivity contribution in [3.63, 3.8) is 0 Å². The second-order valence-corrected chi connectivity index (χ2v) is 7.82. The molecule has 4 rings (SSSR count). The summed E-state index contributed by atoms with van der Waals surface area (Å²) in [5.74, 6) is 0.374. The highest BCUT2D eigenvalue weighted by Crippen LogP contribution is 2.30. The Labute approximate surface area is 176 Å². The molecular weight excluding hydrogens is 417 g/mol. The highest BCUT2D eigenvalue weighted by atomic mass is 35.5. The predicted octanol–water partition coefficient (Wildman–Crippen LogP) is 5.16. The van der Waals surface area contributed by atoms with Crippen molar-refractivity contribution in [2.24, 2.45) is 0 Å². The Bertz CT molecular complexity index is 1060. The van der Waals surface area contributed by atoms with Crippen molar-refractivity contribution < 1.29 is 18.0 Å². The number of alkyl halides is 3. The molecule has 1 aromatic carbocycles. The number of benzene rings is 1. The summed E-state index contributed by atoms with van der Waals surface area (Å²) in [6.45, 7) is 0. The van der Waals surface area contributed by atoms with Crippen molar-refractivity contribution in [2.75, 3.05) is 5.32 Å². The van der Waals surface area contributed by atoms with Gasteiger partial charge < -0.3 is 10.6 Å². The Hall–Kier alpha value is -2.74. The van der Waals surface area contributed by atoms with Gasteiger partial charge in [-0.15, -0.1) is 0 Å². The van der Waals surface area contributed by atoms with E-state index in [4.69, 9.17) is 11.6 Å². The summed E-state index contributed by atoms with van der Waals surface area (Å²) in [7, 11) is 0. The molecule has 2 heterocycles. The molecule has 9 heteroatoms. The number of hydrogen-bond acceptors (Lipinski definition) is 3. The number of carbonyl (C=O) groups excluding carboxylic acids is 1. The van der Waals surface area contributed by atoms with Crippen LogP contribution in [0.5, 0.6) is 0 Å². The fourth-order valence-corrected chi connectivity index (χ4v) is 3.99. The monoisotopic (exact) mass is 436 g/mol. The van der Waals surface area contributed by atoms with Crippen LogP contribution in [-0.4, -0.2) is 27.4 Å². The number of aromatic nitrogens is 2. The quantitative estimate of drug-likeness (QED) is 0.594. The maximum absolute atomic E-state index is 13.0. The van der Waals surface area contributed by atoms with Gasteiger partial charge in [-0.3, -0.25) is 9.20 Å². The van der Waals surface area contributed by atoms with Gasteiger partial charge in [-0.25, -0.2) is 4.98 Å². The number of imidazole rings is 1. The van der Waals surface area contributed by atoms with E-state index >= 15 is 0 Å². The van der Waals surface area contributed by atoms with E-state index in [-0.39, 0.29) is 23.6 Å². The number of pyridine rings is 1. The maximum Gasteiger partial charge on any atom is 0.434 e. The largest absolute Gasteiger partial charge is 0.434 e. The van der Waals surface area contributed by atoms with Crippen LogP contribution < -0.4 is 10.6 Å². The van der Waals surface area contributed by atoms with Gasteiger partial charge in [0.05, 0.1) is 10.6 Å². The van der Waals surface area contributed by atoms with Crippen LogP contribution in [0.25, 0.3) is 5.65 Å². The Morgan fingerprint density at radius 3 is 2.43 bits per heavy atom. The lowest BCUT2D eigenvalue weighted by molar-refractivity contribution is -0.140. The van der Waals surface area contributed by atoms with Gasteiger partial charge in [0, 0.05) is 18.3 Å². The van der Waals surface area contributed by atoms with Crippen LogP contribution in [0.4, 0.5) is 19.0 Å². The third kappa shape index (κ3) is 4.38. The minimum Gasteiger partial charge on any atom is -0.368 e. The lowest BCUT2D eigenvalue weighted by Gasteiger charge is -2.30. The molecule has 1 aliphatic carbocycles. The van der Waals surface area contributed by atoms with Gasteiger partial charge in [0.2, 0.25) is 0 Å². The predicted molar refractivity (Wildman–Crippen MR) is 109 cm³/mol. The average molecular weight is 437 g/mol. The molecule has 0 saturated heterocycles. The molecule has 0 spiro atoms. The average Bonchev–Trinajstić information content (AvgIpc) is 3.16. The standard InChI is InChI=1S/C21H20ClF3N4O/c22-16-5-2-1-4-15(16)20(30)27-14-10-8-13(9-11-14)26-18-6-3-7-19-28-17(12-29(18)19)21(23,24)25/h1-7,12-14,26H,8-11H2,(H,27,30)/t13-,14+. The summed E-state index contributed by atoms with van der Waals surface area (Å²) in [6.07, 6.45) is -0.382. The molecule has 5 nitrogen and oxygen atoms in total. The zero-order valence-corrected chi connectivity index (χ0v) is 16.7. The number of anilines is 1. The second-order valence-electron chi connectivity index (χ2n) is 7.41. The van der Waals surface area contributed by atoms with Crippen LogP contribution in [-0.2, 0) is 6.18 Å². The number of halogens is 4. The van der Waals surface area contributed by atoms with Gasteiger partial charge in [-0.05, 0) is 49.9 Å². The van der Waals surface area contributed by atoms with Gasteiger partial charge in [0.1, 0.15) is 11.5 Å². The highest BCUT2D eigenvalue weighted by molar-refractivity contribution is 6.33. The highest BCUT2D eigenvalue weighted by Gasteiger charge is 2.34. The first-order valence-corrected chi connectivity index (χ1v) is 10.1. The number of amides is 1. The first-order valence-electron chi connectivity index (χ1n) is 9.68. The van der Waals surface area contributed by atoms with Gasteiger partial charge in [-0.1, -0.05) is 29.8 Å². The summed E-state index contributed by atoms with van der Waals surface area (Å²) in [4.78, 5) is 16.1. The molecular formula is C21H20ClF3N4O. The molecule has 1 saturated carbocycles. The fraction of sp³-hybridized carbons (Fsp3) is 0.333. The maximum atomic E-state index is 13.0. The molecule has 1 aliphatic rings. The molecule has 1 amide bonds. The molecule has 158 valence electrons. The van der Waals surface area contributed by atoms with E-state index in [1.807, 2.05) is 0 Å². The first-order chi connectivity index (χ1) is 14.3. The summed E-state index contributed by atoms with van der Waals surface area (Å²) >= 11 is 6.08. The molecule has 0 unspecified atom stereocenters. The Kier molecular flexibility index (Phi) is 5.60. The summed E-state index contributed by atoms with van der Waals surface area (Å²) in [5, 5.41) is 6.76. The number of fused-ring (bicyclic) bond motifs is 1. The molecule has 2 N–H and O–H groups in total. The van der Waals surface area contributed by atoms with E-state index < -0.39 is 11.9 Å². The molecule has 0 aliphatic heterocycles. The van der Waals surface area contributed by atoms with E-state index in [1.54, 1.807) is 42.5 Å². The number of nitrogens with one attached hydrogen (secondary N) is 2. The molecule has 2 aromatic heterocycles. The van der Waals surface area contributed by atoms with Gasteiger partial charge in [0.25, 0.3) is 5.91 Å². The van der Waals surface area contributed by atoms with Crippen molar-refractivity contribution in [3.8, 4) is 0 Å². The zero-order chi connectivity index (χ0) is 21.3. The van der Waals surface area contributed by atoms with Gasteiger partial charge in [-0.2, -0.15) is 13.2 Å². The third-order valence-electron chi connectivity index (χ3n) is 5.32. The summed E-state index contributed by atoms with van der Waals surface area (Å²) in [5.41, 5.74) is -0.220. The number of rotatable bonds is 4. The third-order valence-corrected chi connectivity index (χ3v) is 5.65. The minimum atomic E-state index is -4.48. The molecule has 0 bridgehead atoms. The fourth-order valence-electron chi connectivity index (χ4n) is 3.76. The van der Waals surface area contributed by atoms with E-state index in [2.05, 4.69) is 15.6 Å². The number of hydrogen-bond donors (Lipinski definition) is 2. The van der Waals surface area contributed by atoms with Crippen molar-refractivity contribution in [3.05, 3.63) is 64.9 Å². The SMILES string of the molecule is O=C(N[C@H]1CC[C@@H](Nc2cccc3nc(C(F)(F)F)cn23)CC1)c1ccccc1Cl. The van der Waals surface area contributed by atoms with E-state index in [9.17, 15) is 18.0 Å². The lowest BCUT2D eigenvalue weighted by atomic mass is 9.91. The Balaban J connectivity index is 1.38. The van der Waals surface area contributed by atoms with Crippen LogP contribution in [0.2, 0.25) is 5.02 Å². The summed E-state index contributed by atoms with van der Waals surface area (Å²) < 4.78 is 40.3. The summed E-state index contributed by atoms with van der Waals surface area (Å²) in [6, 6.07) is 12.0. The molecule has 3 aromatic rings. The zero-order valence-electron chi connectivity index (χ0n) is 15.9. The van der Waals surface area contributed by atoms with Crippen molar-refractivity contribution in [1.29, 1.82) is 0 Å². The van der Waals surface area contributed by atoms with Crippen LogP contribution in [0.3, 0.4) is 0 Å². The number of carbonyl (C=O) groups is 1. The van der Waals surface area contributed by atoms with Crippen LogP contribution in [0.1, 0.15) is 41.7 Å². The van der Waals surface area contributed by atoms with Gasteiger partial charge in [0.15, 0.2) is 5.69 Å². The second kappa shape index (κ2) is 8.18. The molecule has 0 radical (unpaired) electrons. The number of nitrogens with zero attached hydrogens (tertiary/aromatic N) is 2. The lowest BCUT2D eigenvalue weighted by Crippen LogP contribution is -2.40. The van der Waals surface area contributed by atoms with E-state index in [1.165, 1.54) is 4.40 Å². The first kappa shape index (κ1) is 20.5. The van der Waals surface area contributed by atoms with E-state index in [0.717, 1.165) is 31.9 Å². The van der Waals surface area contributed by atoms with Crippen molar-refractivity contribution in [2.45, 2.75) is 43.9 Å². The van der Waals surface area contributed by atoms with Crippen LogP contribution in [0.15, 0.2) is 48.7 Å². The molecule has 1 fully saturated rings. The van der Waals surface area contributed by atoms with Crippen LogP contribution in [0, 0.1) is 0 Å². The molecule has 30 heavy (non-hydrogen) atoms. The van der Waals surface area contributed by atoms with Crippen LogP contribution >= 0.6 is 11.6 Å². The van der Waals surface area contributed by atoms with Gasteiger partial charge >= 0.3 is 6.18 Å². The smallest absolute Gasteiger partial charge is 0.368 e. The Morgan fingerprint density at radius 1 is 1.03 bits per heavy atom. The van der Waals surface area contributed by atoms with E-state index in [0.29, 0.717) is 16.4 Å². The van der Waals surface area contributed by atoms with Crippen molar-refractivity contribution >= 4 is 29.0 Å². The Morgan fingerprint density at radius 2 is 1.73 bits per heavy atom.